The monoisotopic (exact) mass is 1190 g/mol. The Balaban J connectivity index is 0.623. The van der Waals surface area contributed by atoms with E-state index in [0.717, 1.165) is 127 Å². The lowest BCUT2D eigenvalue weighted by Gasteiger charge is -2.60. The summed E-state index contributed by atoms with van der Waals surface area (Å²) in [5.74, 6) is 1.16. The van der Waals surface area contributed by atoms with E-state index in [0.29, 0.717) is 36.9 Å². The molecule has 10 aliphatic heterocycles. The van der Waals surface area contributed by atoms with Crippen molar-refractivity contribution in [2.24, 2.45) is 47.3 Å². The first-order chi connectivity index (χ1) is 40.9. The predicted molar refractivity (Wildman–Crippen MR) is 331 cm³/mol. The van der Waals surface area contributed by atoms with Crippen molar-refractivity contribution in [1.82, 2.24) is 0 Å². The largest absolute Gasteiger partial charge is 0.352 e. The molecule has 2 aromatic rings. The van der Waals surface area contributed by atoms with Crippen LogP contribution in [0.3, 0.4) is 0 Å². The molecule has 85 heavy (non-hydrogen) atoms. The van der Waals surface area contributed by atoms with Gasteiger partial charge < -0.3 is 33.3 Å². The van der Waals surface area contributed by atoms with E-state index in [-0.39, 0.29) is 47.1 Å². The van der Waals surface area contributed by atoms with Crippen molar-refractivity contribution < 1.29 is 52.5 Å². The third-order valence-electron chi connectivity index (χ3n) is 23.3. The highest BCUT2D eigenvalue weighted by Crippen LogP contribution is 2.63. The second kappa shape index (κ2) is 23.9. The third kappa shape index (κ3) is 10.7. The van der Waals surface area contributed by atoms with Crippen LogP contribution in [0.15, 0.2) is 94.7 Å². The molecule has 10 fully saturated rings. The molecule has 2 aromatic carbocycles. The van der Waals surface area contributed by atoms with Gasteiger partial charge in [-0.2, -0.15) is 4.58 Å². The molecule has 0 radical (unpaired) electrons. The number of fused-ring (bicyclic) bond motifs is 6. The number of rotatable bonds is 19. The van der Waals surface area contributed by atoms with Crippen LogP contribution in [0.2, 0.25) is 0 Å². The molecule has 2 saturated carbocycles. The zero-order chi connectivity index (χ0) is 59.1. The number of para-hydroxylation sites is 2. The molecule has 4 bridgehead atoms. The Morgan fingerprint density at radius 2 is 1.15 bits per heavy atom. The Labute approximate surface area is 513 Å². The van der Waals surface area contributed by atoms with Gasteiger partial charge in [0.2, 0.25) is 17.3 Å². The highest BCUT2D eigenvalue weighted by Gasteiger charge is 2.71. The predicted octanol–water partition coefficient (Wildman–Crippen LogP) is 16.5. The first-order valence-electron chi connectivity index (χ1n) is 33.6. The van der Waals surface area contributed by atoms with E-state index in [1.54, 1.807) is 0 Å². The van der Waals surface area contributed by atoms with E-state index in [9.17, 15) is 0 Å². The van der Waals surface area contributed by atoms with E-state index in [2.05, 4.69) is 138 Å². The molecule has 12 nitrogen and oxygen atoms in total. The maximum absolute atomic E-state index is 7.51. The Morgan fingerprint density at radius 3 is 1.78 bits per heavy atom. The number of allylic oxidation sites excluding steroid dienone is 8. The minimum Gasteiger partial charge on any atom is -0.352 e. The number of ether oxygens (including phenoxy) is 6. The van der Waals surface area contributed by atoms with E-state index in [1.807, 2.05) is 13.8 Å². The van der Waals surface area contributed by atoms with E-state index in [1.165, 1.54) is 57.9 Å². The fraction of sp³-hybridized carbons (Fsp3) is 0.708. The van der Waals surface area contributed by atoms with Crippen LogP contribution in [0.1, 0.15) is 202 Å². The molecule has 13 heteroatoms. The van der Waals surface area contributed by atoms with Gasteiger partial charge in [-0.15, -0.1) is 0 Å². The number of benzene rings is 2. The molecule has 15 rings (SSSR count). The summed E-state index contributed by atoms with van der Waals surface area (Å²) in [4.78, 5) is 27.4. The number of anilines is 1. The minimum atomic E-state index is -0.779. The first kappa shape index (κ1) is 60.7. The molecule has 4 unspecified atom stereocenters. The SMILES string of the molecule is C[C@@H]1C(OCCCCCCN2/C(=C/C=C3\CCCC(/C=C/C4=[N+](CCCCCCOC5O[C@H]6OC7(C)CC[C@@H]8[C@@H](C)CC[C@H]([C@@H]5C)[C@]68OO7)c5ccccc5C4(C)C)=C3Cl)C(C)(C)c3ccccc32)O[C@H]2OC3(C)CC[C@@H]4[C@@H](C)CC[C@H]1[C@]24OO3. The van der Waals surface area contributed by atoms with Gasteiger partial charge in [0.15, 0.2) is 42.1 Å². The van der Waals surface area contributed by atoms with Crippen molar-refractivity contribution in [1.29, 1.82) is 0 Å². The molecule has 8 saturated heterocycles. The molecule has 0 N–H and O–H groups in total. The minimum absolute atomic E-state index is 0.146. The molecule has 2 spiro atoms. The van der Waals surface area contributed by atoms with Gasteiger partial charge >= 0.3 is 0 Å². The Hall–Kier alpha value is -3.24. The van der Waals surface area contributed by atoms with Gasteiger partial charge in [-0.05, 0) is 164 Å². The van der Waals surface area contributed by atoms with Crippen LogP contribution in [-0.4, -0.2) is 84.5 Å². The molecule has 16 atom stereocenters. The topological polar surface area (TPSA) is 98.6 Å². The molecular weight excluding hydrogens is 1090 g/mol. The summed E-state index contributed by atoms with van der Waals surface area (Å²) in [6, 6.07) is 18.0. The summed E-state index contributed by atoms with van der Waals surface area (Å²) >= 11 is 7.51. The fourth-order valence-electron chi connectivity index (χ4n) is 18.3. The summed E-state index contributed by atoms with van der Waals surface area (Å²) < 4.78 is 42.4. The Bertz CT molecular complexity index is 2950. The highest BCUT2D eigenvalue weighted by molar-refractivity contribution is 6.32. The van der Waals surface area contributed by atoms with Crippen LogP contribution < -0.4 is 4.90 Å². The number of unbranched alkanes of at least 4 members (excludes halogenated alkanes) is 6. The van der Waals surface area contributed by atoms with Gasteiger partial charge in [0.05, 0.1) is 5.41 Å². The quantitative estimate of drug-likeness (QED) is 0.0764. The molecule has 464 valence electrons. The van der Waals surface area contributed by atoms with Crippen molar-refractivity contribution in [3.05, 3.63) is 106 Å². The first-order valence-corrected chi connectivity index (χ1v) is 34.0. The number of halogens is 1. The molecule has 0 aromatic heterocycles. The number of hydrogen-bond donors (Lipinski definition) is 0. The maximum Gasteiger partial charge on any atom is 0.209 e. The van der Waals surface area contributed by atoms with Gasteiger partial charge in [-0.25, -0.2) is 19.6 Å². The van der Waals surface area contributed by atoms with Gasteiger partial charge in [0, 0.05) is 102 Å². The van der Waals surface area contributed by atoms with Crippen LogP contribution >= 0.6 is 11.6 Å². The summed E-state index contributed by atoms with van der Waals surface area (Å²) in [6.45, 7) is 26.0. The zero-order valence-corrected chi connectivity index (χ0v) is 53.7. The van der Waals surface area contributed by atoms with Gasteiger partial charge in [-0.1, -0.05) is 121 Å². The lowest BCUT2D eigenvalue weighted by Crippen LogP contribution is -2.70. The maximum atomic E-state index is 7.51. The standard InChI is InChI=1S/C72H100ClN2O10/c1-46-30-34-54-48(3)63(78-65-71(54)52(46)38-40-69(9,80-65)82-84-71)76-44-21-13-11-19-42-74-58-28-17-15-26-56(58)67(5,6)60(74)36-32-50-24-23-25-51(62(50)73)33-37-61-68(7,8)57-27-16-18-29-59(57)75(61)43-20-12-14-22-45-77-64-49(4)55-35-31-47(2)53-39-41-70(10)81-66(79-64)72(53,55)85-83-70/h15-18,26-29,32-33,36-37,46-49,52-55,63-66H,11-14,19-25,30-31,34-35,38-45H2,1-10H3/q+1/t46-,47-,48-,49-,52+,53+,54+,55+,63?,64?,65-,66-,69?,70?,71-,72-/m0/s1. The summed E-state index contributed by atoms with van der Waals surface area (Å²) in [7, 11) is 0. The Morgan fingerprint density at radius 1 is 0.588 bits per heavy atom. The van der Waals surface area contributed by atoms with Crippen LogP contribution in [-0.2, 0) is 58.8 Å². The van der Waals surface area contributed by atoms with Gasteiger partial charge in [-0.3, -0.25) is 0 Å². The van der Waals surface area contributed by atoms with Crippen molar-refractivity contribution in [3.8, 4) is 0 Å². The summed E-state index contributed by atoms with van der Waals surface area (Å²) in [5.41, 5.74) is 9.08. The lowest BCUT2D eigenvalue weighted by molar-refractivity contribution is -0.577. The second-order valence-corrected chi connectivity index (χ2v) is 29.7. The molecule has 10 heterocycles. The van der Waals surface area contributed by atoms with Crippen LogP contribution in [0, 0.1) is 47.3 Å². The zero-order valence-electron chi connectivity index (χ0n) is 53.0. The van der Waals surface area contributed by atoms with Crippen molar-refractivity contribution >= 4 is 28.7 Å². The molecular formula is C72H100ClN2O10+. The number of nitrogens with zero attached hydrogens (tertiary/aromatic N) is 2. The van der Waals surface area contributed by atoms with Crippen LogP contribution in [0.4, 0.5) is 11.4 Å². The molecule has 3 aliphatic carbocycles. The second-order valence-electron chi connectivity index (χ2n) is 29.4. The fourth-order valence-corrected chi connectivity index (χ4v) is 18.6. The average Bonchev–Trinajstić information content (AvgIpc) is 1.83. The molecule has 0 amide bonds. The van der Waals surface area contributed by atoms with E-state index >= 15 is 0 Å². The van der Waals surface area contributed by atoms with Crippen LogP contribution in [0.5, 0.6) is 0 Å². The smallest absolute Gasteiger partial charge is 0.209 e. The normalized spacial score (nSPS) is 40.4. The van der Waals surface area contributed by atoms with Gasteiger partial charge in [0.1, 0.15) is 6.54 Å². The Kier molecular flexibility index (Phi) is 17.0. The lowest BCUT2D eigenvalue weighted by atomic mass is 9.58. The van der Waals surface area contributed by atoms with Crippen molar-refractivity contribution in [2.75, 3.05) is 31.2 Å². The van der Waals surface area contributed by atoms with E-state index in [4.69, 9.17) is 59.6 Å². The van der Waals surface area contributed by atoms with Crippen molar-refractivity contribution in [2.45, 2.75) is 250 Å². The summed E-state index contributed by atoms with van der Waals surface area (Å²) in [5, 5.41) is 0.899. The van der Waals surface area contributed by atoms with Crippen LogP contribution in [0.25, 0.3) is 0 Å². The summed E-state index contributed by atoms with van der Waals surface area (Å²) in [6.07, 6.45) is 27.7. The highest BCUT2D eigenvalue weighted by atomic mass is 35.5. The van der Waals surface area contributed by atoms with Gasteiger partial charge in [0.25, 0.3) is 0 Å². The third-order valence-corrected chi connectivity index (χ3v) is 23.7. The van der Waals surface area contributed by atoms with Crippen molar-refractivity contribution in [3.63, 3.8) is 0 Å². The van der Waals surface area contributed by atoms with E-state index < -0.39 is 35.4 Å². The number of hydrogen-bond acceptors (Lipinski definition) is 11. The average molecular weight is 1190 g/mol. The molecule has 13 aliphatic rings.